The van der Waals surface area contributed by atoms with Gasteiger partial charge in [0.15, 0.2) is 0 Å². The van der Waals surface area contributed by atoms with E-state index in [4.69, 9.17) is 16.3 Å². The predicted molar refractivity (Wildman–Crippen MR) is 66.3 cm³/mol. The number of hydrogen-bond donors (Lipinski definition) is 0. The van der Waals surface area contributed by atoms with Crippen LogP contribution in [0.1, 0.15) is 13.3 Å². The van der Waals surface area contributed by atoms with Crippen LogP contribution < -0.4 is 0 Å². The van der Waals surface area contributed by atoms with Gasteiger partial charge in [0, 0.05) is 25.2 Å². The summed E-state index contributed by atoms with van der Waals surface area (Å²) in [5.41, 5.74) is 0. The van der Waals surface area contributed by atoms with E-state index in [1.54, 1.807) is 17.1 Å². The average molecular weight is 270 g/mol. The largest absolute Gasteiger partial charge is 0.373 e. The third kappa shape index (κ3) is 2.24. The van der Waals surface area contributed by atoms with E-state index in [1.165, 1.54) is 0 Å². The van der Waals surface area contributed by atoms with Crippen molar-refractivity contribution in [2.45, 2.75) is 32.1 Å². The van der Waals surface area contributed by atoms with Crippen LogP contribution in [0.25, 0.3) is 0 Å². The van der Waals surface area contributed by atoms with E-state index in [0.717, 1.165) is 13.0 Å². The lowest BCUT2D eigenvalue weighted by Gasteiger charge is -2.18. The van der Waals surface area contributed by atoms with Gasteiger partial charge in [0.05, 0.1) is 23.4 Å². The van der Waals surface area contributed by atoms with E-state index in [1.807, 2.05) is 4.90 Å². The number of rotatable bonds is 2. The Labute approximate surface area is 111 Å². The van der Waals surface area contributed by atoms with E-state index in [0.29, 0.717) is 23.6 Å². The van der Waals surface area contributed by atoms with Crippen LogP contribution in [0.3, 0.4) is 0 Å². The fourth-order valence-corrected chi connectivity index (χ4v) is 3.03. The standard InChI is InChI=1S/C12H16ClN3O2/c1-8-2-9-4-15(6-11(9)18-8)12(17)7-16-5-10(13)3-14-16/h3,5,8-9,11H,2,4,6-7H2,1H3/t8-,9+,11-/m0/s1. The second kappa shape index (κ2) is 4.55. The average Bonchev–Trinajstić information content (AvgIpc) is 2.92. The number of likely N-dealkylation sites (tertiary alicyclic amines) is 1. The molecule has 0 spiro atoms. The van der Waals surface area contributed by atoms with Crippen molar-refractivity contribution in [3.8, 4) is 0 Å². The number of halogens is 1. The van der Waals surface area contributed by atoms with Gasteiger partial charge in [-0.05, 0) is 13.3 Å². The number of carbonyl (C=O) groups excluding carboxylic acids is 1. The zero-order chi connectivity index (χ0) is 12.7. The molecule has 1 amide bonds. The maximum atomic E-state index is 12.1. The van der Waals surface area contributed by atoms with Crippen LogP contribution in [0.5, 0.6) is 0 Å². The lowest BCUT2D eigenvalue weighted by atomic mass is 10.0. The van der Waals surface area contributed by atoms with Crippen LogP contribution >= 0.6 is 11.6 Å². The van der Waals surface area contributed by atoms with Crippen LogP contribution in [0.2, 0.25) is 5.02 Å². The van der Waals surface area contributed by atoms with Gasteiger partial charge in [-0.15, -0.1) is 0 Å². The summed E-state index contributed by atoms with van der Waals surface area (Å²) in [6.45, 7) is 3.86. The van der Waals surface area contributed by atoms with Gasteiger partial charge in [0.2, 0.25) is 5.91 Å². The van der Waals surface area contributed by atoms with E-state index >= 15 is 0 Å². The lowest BCUT2D eigenvalue weighted by Crippen LogP contribution is -2.34. The van der Waals surface area contributed by atoms with Crippen LogP contribution in [0.4, 0.5) is 0 Å². The first kappa shape index (κ1) is 12.0. The number of ether oxygens (including phenoxy) is 1. The molecule has 1 aromatic heterocycles. The molecule has 6 heteroatoms. The smallest absolute Gasteiger partial charge is 0.244 e. The Morgan fingerprint density at radius 2 is 2.44 bits per heavy atom. The molecule has 3 rings (SSSR count). The summed E-state index contributed by atoms with van der Waals surface area (Å²) in [5, 5.41) is 4.57. The van der Waals surface area contributed by atoms with Crippen molar-refractivity contribution in [1.82, 2.24) is 14.7 Å². The highest BCUT2D eigenvalue weighted by molar-refractivity contribution is 6.30. The Hall–Kier alpha value is -1.07. The Bertz CT molecular complexity index is 448. The number of fused-ring (bicyclic) bond motifs is 1. The van der Waals surface area contributed by atoms with Crippen LogP contribution in [0.15, 0.2) is 12.4 Å². The molecule has 2 saturated heterocycles. The fraction of sp³-hybridized carbons (Fsp3) is 0.667. The minimum Gasteiger partial charge on any atom is -0.373 e. The van der Waals surface area contributed by atoms with Gasteiger partial charge in [-0.3, -0.25) is 9.48 Å². The number of hydrogen-bond acceptors (Lipinski definition) is 3. The maximum absolute atomic E-state index is 12.1. The molecule has 3 atom stereocenters. The van der Waals surface area contributed by atoms with E-state index < -0.39 is 0 Å². The van der Waals surface area contributed by atoms with Gasteiger partial charge in [-0.1, -0.05) is 11.6 Å². The SMILES string of the molecule is C[C@H]1C[C@@H]2CN(C(=O)Cn3cc(Cl)cn3)C[C@@H]2O1. The van der Waals surface area contributed by atoms with Crippen molar-refractivity contribution in [3.63, 3.8) is 0 Å². The molecular weight excluding hydrogens is 254 g/mol. The lowest BCUT2D eigenvalue weighted by molar-refractivity contribution is -0.131. The summed E-state index contributed by atoms with van der Waals surface area (Å²) >= 11 is 5.77. The van der Waals surface area contributed by atoms with Crippen molar-refractivity contribution in [2.75, 3.05) is 13.1 Å². The molecule has 0 bridgehead atoms. The molecule has 2 fully saturated rings. The highest BCUT2D eigenvalue weighted by atomic mass is 35.5. The van der Waals surface area contributed by atoms with Gasteiger partial charge in [0.1, 0.15) is 6.54 Å². The molecular formula is C12H16ClN3O2. The van der Waals surface area contributed by atoms with E-state index in [-0.39, 0.29) is 18.6 Å². The first-order chi connectivity index (χ1) is 8.61. The first-order valence-corrected chi connectivity index (χ1v) is 6.61. The van der Waals surface area contributed by atoms with Crippen LogP contribution in [-0.4, -0.2) is 45.9 Å². The van der Waals surface area contributed by atoms with Crippen LogP contribution in [0, 0.1) is 5.92 Å². The highest BCUT2D eigenvalue weighted by Gasteiger charge is 2.41. The molecule has 0 saturated carbocycles. The maximum Gasteiger partial charge on any atom is 0.244 e. The Kier molecular flexibility index (Phi) is 3.03. The molecule has 98 valence electrons. The molecule has 3 heterocycles. The summed E-state index contributed by atoms with van der Waals surface area (Å²) in [6, 6.07) is 0. The molecule has 2 aliphatic heterocycles. The molecule has 2 aliphatic rings. The Balaban J connectivity index is 1.58. The van der Waals surface area contributed by atoms with Gasteiger partial charge in [-0.25, -0.2) is 0 Å². The van der Waals surface area contributed by atoms with Crippen LogP contribution in [-0.2, 0) is 16.1 Å². The molecule has 1 aromatic rings. The summed E-state index contributed by atoms with van der Waals surface area (Å²) in [6.07, 6.45) is 4.82. The van der Waals surface area contributed by atoms with Crippen molar-refractivity contribution < 1.29 is 9.53 Å². The highest BCUT2D eigenvalue weighted by Crippen LogP contribution is 2.32. The topological polar surface area (TPSA) is 47.4 Å². The molecule has 5 nitrogen and oxygen atoms in total. The van der Waals surface area contributed by atoms with Gasteiger partial charge in [0.25, 0.3) is 0 Å². The van der Waals surface area contributed by atoms with Gasteiger partial charge < -0.3 is 9.64 Å². The third-order valence-electron chi connectivity index (χ3n) is 3.67. The van der Waals surface area contributed by atoms with Crippen molar-refractivity contribution in [1.29, 1.82) is 0 Å². The molecule has 18 heavy (non-hydrogen) atoms. The zero-order valence-electron chi connectivity index (χ0n) is 10.3. The predicted octanol–water partition coefficient (Wildman–Crippen LogP) is 1.17. The van der Waals surface area contributed by atoms with Crippen molar-refractivity contribution in [2.24, 2.45) is 5.92 Å². The Morgan fingerprint density at radius 3 is 3.11 bits per heavy atom. The second-order valence-corrected chi connectivity index (χ2v) is 5.57. The second-order valence-electron chi connectivity index (χ2n) is 5.14. The molecule has 0 unspecified atom stereocenters. The van der Waals surface area contributed by atoms with Gasteiger partial charge in [-0.2, -0.15) is 5.10 Å². The minimum atomic E-state index is 0.0837. The van der Waals surface area contributed by atoms with Crippen molar-refractivity contribution in [3.05, 3.63) is 17.4 Å². The normalized spacial score (nSPS) is 30.8. The van der Waals surface area contributed by atoms with Crippen molar-refractivity contribution >= 4 is 17.5 Å². The molecule has 0 radical (unpaired) electrons. The fourth-order valence-electron chi connectivity index (χ4n) is 2.87. The summed E-state index contributed by atoms with van der Waals surface area (Å²) in [7, 11) is 0. The monoisotopic (exact) mass is 269 g/mol. The summed E-state index contributed by atoms with van der Waals surface area (Å²) < 4.78 is 7.35. The zero-order valence-corrected chi connectivity index (χ0v) is 11.0. The summed E-state index contributed by atoms with van der Waals surface area (Å²) in [5.74, 6) is 0.588. The minimum absolute atomic E-state index is 0.0837. The quantitative estimate of drug-likeness (QED) is 0.810. The molecule has 0 N–H and O–H groups in total. The number of aromatic nitrogens is 2. The van der Waals surface area contributed by atoms with E-state index in [9.17, 15) is 4.79 Å². The molecule has 0 aliphatic carbocycles. The number of amides is 1. The third-order valence-corrected chi connectivity index (χ3v) is 3.87. The number of nitrogens with zero attached hydrogens (tertiary/aromatic N) is 3. The first-order valence-electron chi connectivity index (χ1n) is 6.23. The molecule has 0 aromatic carbocycles. The summed E-state index contributed by atoms with van der Waals surface area (Å²) in [4.78, 5) is 14.0. The Morgan fingerprint density at radius 1 is 1.61 bits per heavy atom. The van der Waals surface area contributed by atoms with E-state index in [2.05, 4.69) is 12.0 Å². The van der Waals surface area contributed by atoms with Gasteiger partial charge >= 0.3 is 0 Å². The number of carbonyl (C=O) groups is 1.